The third kappa shape index (κ3) is 8.47. The lowest BCUT2D eigenvalue weighted by atomic mass is 9.86. The summed E-state index contributed by atoms with van der Waals surface area (Å²) in [6.45, 7) is 4.44. The number of piperidine rings is 1. The molecule has 3 nitrogen and oxygen atoms in total. The highest BCUT2D eigenvalue weighted by Gasteiger charge is 2.36. The van der Waals surface area contributed by atoms with Crippen molar-refractivity contribution in [1.29, 1.82) is 0 Å². The van der Waals surface area contributed by atoms with E-state index >= 15 is 4.39 Å². The minimum Gasteiger partial charge on any atom is -0.492 e. The Morgan fingerprint density at radius 2 is 1.23 bits per heavy atom. The molecular formula is C33H37Cl2FN2O. The number of para-hydroxylation sites is 1. The lowest BCUT2D eigenvalue weighted by Gasteiger charge is -2.37. The molecule has 0 bridgehead atoms. The number of hydrogen-bond donors (Lipinski definition) is 0. The van der Waals surface area contributed by atoms with Crippen molar-refractivity contribution in [2.45, 2.75) is 31.6 Å². The van der Waals surface area contributed by atoms with Gasteiger partial charge < -0.3 is 9.64 Å². The zero-order chi connectivity index (χ0) is 25.3. The van der Waals surface area contributed by atoms with Crippen molar-refractivity contribution in [2.75, 3.05) is 31.1 Å². The molecule has 0 atom stereocenters. The lowest BCUT2D eigenvalue weighted by Crippen LogP contribution is -2.42. The average molecular weight is 568 g/mol. The molecule has 1 aliphatic heterocycles. The smallest absolute Gasteiger partial charge is 0.138 e. The predicted octanol–water partition coefficient (Wildman–Crippen LogP) is 8.08. The molecule has 0 radical (unpaired) electrons. The van der Waals surface area contributed by atoms with Crippen LogP contribution in [0.4, 0.5) is 10.1 Å². The molecule has 1 fully saturated rings. The summed E-state index contributed by atoms with van der Waals surface area (Å²) in [4.78, 5) is 4.65. The van der Waals surface area contributed by atoms with Crippen LogP contribution in [-0.4, -0.2) is 31.1 Å². The predicted molar refractivity (Wildman–Crippen MR) is 164 cm³/mol. The molecule has 1 saturated heterocycles. The molecule has 1 aliphatic rings. The summed E-state index contributed by atoms with van der Waals surface area (Å²) in [5.41, 5.74) is 3.02. The number of anilines is 1. The second kappa shape index (κ2) is 14.9. The van der Waals surface area contributed by atoms with Gasteiger partial charge in [-0.2, -0.15) is 0 Å². The Morgan fingerprint density at radius 1 is 0.692 bits per heavy atom. The van der Waals surface area contributed by atoms with E-state index in [0.717, 1.165) is 49.7 Å². The lowest BCUT2D eigenvalue weighted by molar-refractivity contribution is 0.0501. The highest BCUT2D eigenvalue weighted by Crippen LogP contribution is 2.38. The molecule has 206 valence electrons. The normalized spacial score (nSPS) is 14.5. The second-order valence-electron chi connectivity index (χ2n) is 9.85. The first-order chi connectivity index (χ1) is 18.2. The van der Waals surface area contributed by atoms with E-state index in [9.17, 15) is 0 Å². The van der Waals surface area contributed by atoms with Crippen LogP contribution in [0.1, 0.15) is 29.5 Å². The van der Waals surface area contributed by atoms with E-state index in [1.54, 1.807) is 0 Å². The van der Waals surface area contributed by atoms with Gasteiger partial charge in [0.15, 0.2) is 0 Å². The van der Waals surface area contributed by atoms with Gasteiger partial charge in [-0.05, 0) is 53.8 Å². The van der Waals surface area contributed by atoms with Gasteiger partial charge in [-0.15, -0.1) is 24.8 Å². The van der Waals surface area contributed by atoms with E-state index in [-0.39, 0.29) is 24.8 Å². The van der Waals surface area contributed by atoms with Crippen molar-refractivity contribution in [3.63, 3.8) is 0 Å². The molecule has 4 aromatic rings. The van der Waals surface area contributed by atoms with Crippen LogP contribution in [0.3, 0.4) is 0 Å². The topological polar surface area (TPSA) is 15.7 Å². The summed E-state index contributed by atoms with van der Waals surface area (Å²) < 4.78 is 22.1. The van der Waals surface area contributed by atoms with Gasteiger partial charge in [-0.1, -0.05) is 91.0 Å². The Kier molecular flexibility index (Phi) is 11.7. The van der Waals surface area contributed by atoms with Gasteiger partial charge in [0, 0.05) is 38.4 Å². The van der Waals surface area contributed by atoms with Crippen LogP contribution in [0.5, 0.6) is 5.75 Å². The first kappa shape index (κ1) is 30.5. The molecule has 0 spiro atoms. The van der Waals surface area contributed by atoms with Crippen molar-refractivity contribution in [3.8, 4) is 5.75 Å². The maximum Gasteiger partial charge on any atom is 0.138 e. The number of hydrogen-bond acceptors (Lipinski definition) is 3. The summed E-state index contributed by atoms with van der Waals surface area (Å²) >= 11 is 0. The van der Waals surface area contributed by atoms with Gasteiger partial charge in [-0.25, -0.2) is 4.39 Å². The summed E-state index contributed by atoms with van der Waals surface area (Å²) in [5, 5.41) is 0. The van der Waals surface area contributed by atoms with Crippen molar-refractivity contribution in [3.05, 3.63) is 132 Å². The molecule has 0 amide bonds. The maximum absolute atomic E-state index is 16.3. The Hall–Kier alpha value is -3.05. The summed E-state index contributed by atoms with van der Waals surface area (Å²) in [5.74, 6) is 0.881. The molecule has 6 heteroatoms. The number of halogens is 3. The van der Waals surface area contributed by atoms with E-state index < -0.39 is 5.67 Å². The molecule has 39 heavy (non-hydrogen) atoms. The number of nitrogens with zero attached hydrogens (tertiary/aromatic N) is 2. The zero-order valence-electron chi connectivity index (χ0n) is 22.1. The van der Waals surface area contributed by atoms with Gasteiger partial charge in [0.25, 0.3) is 0 Å². The molecule has 0 aromatic heterocycles. The van der Waals surface area contributed by atoms with E-state index in [2.05, 4.69) is 70.5 Å². The minimum absolute atomic E-state index is 0. The molecule has 0 aliphatic carbocycles. The SMILES string of the molecule is Cl.Cl.FC1(c2cccc(N(Cc3ccccc3)Cc3ccccc3)c2)CCN(CCOc2ccccc2)CC1. The van der Waals surface area contributed by atoms with Crippen molar-refractivity contribution in [2.24, 2.45) is 0 Å². The molecule has 0 saturated carbocycles. The Morgan fingerprint density at radius 3 is 1.79 bits per heavy atom. The molecule has 0 unspecified atom stereocenters. The third-order valence-electron chi connectivity index (χ3n) is 7.23. The van der Waals surface area contributed by atoms with Gasteiger partial charge in [0.2, 0.25) is 0 Å². The molecule has 5 rings (SSSR count). The van der Waals surface area contributed by atoms with E-state index in [1.165, 1.54) is 11.1 Å². The van der Waals surface area contributed by atoms with Crippen molar-refractivity contribution >= 4 is 30.5 Å². The first-order valence-corrected chi connectivity index (χ1v) is 13.2. The van der Waals surface area contributed by atoms with E-state index in [4.69, 9.17) is 4.74 Å². The van der Waals surface area contributed by atoms with Crippen LogP contribution >= 0.6 is 24.8 Å². The fraction of sp³-hybridized carbons (Fsp3) is 0.273. The van der Waals surface area contributed by atoms with Crippen LogP contribution in [0.25, 0.3) is 0 Å². The number of alkyl halides is 1. The van der Waals surface area contributed by atoms with Crippen LogP contribution in [0, 0.1) is 0 Å². The fourth-order valence-corrected chi connectivity index (χ4v) is 5.06. The van der Waals surface area contributed by atoms with Crippen molar-refractivity contribution in [1.82, 2.24) is 4.90 Å². The van der Waals surface area contributed by atoms with Crippen LogP contribution in [-0.2, 0) is 18.8 Å². The quantitative estimate of drug-likeness (QED) is 0.193. The Bertz CT molecular complexity index is 1190. The fourth-order valence-electron chi connectivity index (χ4n) is 5.06. The maximum atomic E-state index is 16.3. The largest absolute Gasteiger partial charge is 0.492 e. The van der Waals surface area contributed by atoms with E-state index in [0.29, 0.717) is 19.4 Å². The standard InChI is InChI=1S/C33H35FN2O.2ClH/c34-33(19-21-35(22-20-33)23-24-37-32-17-8-3-9-18-32)30-15-10-16-31(25-30)36(26-28-11-4-1-5-12-28)27-29-13-6-2-7-14-29;;/h1-18,25H,19-24,26-27H2;2*1H. The number of benzene rings is 4. The number of ether oxygens (including phenoxy) is 1. The monoisotopic (exact) mass is 566 g/mol. The molecule has 4 aromatic carbocycles. The van der Waals surface area contributed by atoms with Gasteiger partial charge in [-0.3, -0.25) is 4.90 Å². The first-order valence-electron chi connectivity index (χ1n) is 13.2. The van der Waals surface area contributed by atoms with Gasteiger partial charge in [0.1, 0.15) is 18.0 Å². The summed E-state index contributed by atoms with van der Waals surface area (Å²) in [6, 6.07) is 39.0. The third-order valence-corrected chi connectivity index (χ3v) is 7.23. The number of rotatable bonds is 10. The Labute approximate surface area is 244 Å². The van der Waals surface area contributed by atoms with E-state index in [1.807, 2.05) is 54.6 Å². The second-order valence-corrected chi connectivity index (χ2v) is 9.85. The van der Waals surface area contributed by atoms with Crippen molar-refractivity contribution < 1.29 is 9.13 Å². The summed E-state index contributed by atoms with van der Waals surface area (Å²) in [6.07, 6.45) is 0.998. The highest BCUT2D eigenvalue weighted by molar-refractivity contribution is 5.85. The molecular weight excluding hydrogens is 530 g/mol. The number of likely N-dealkylation sites (tertiary alicyclic amines) is 1. The van der Waals surface area contributed by atoms with Crippen LogP contribution < -0.4 is 9.64 Å². The van der Waals surface area contributed by atoms with Crippen LogP contribution in [0.15, 0.2) is 115 Å². The highest BCUT2D eigenvalue weighted by atomic mass is 35.5. The zero-order valence-corrected chi connectivity index (χ0v) is 23.8. The minimum atomic E-state index is -1.31. The average Bonchev–Trinajstić information content (AvgIpc) is 2.96. The molecule has 0 N–H and O–H groups in total. The summed E-state index contributed by atoms with van der Waals surface area (Å²) in [7, 11) is 0. The van der Waals surface area contributed by atoms with Gasteiger partial charge in [0.05, 0.1) is 0 Å². The molecule has 1 heterocycles. The van der Waals surface area contributed by atoms with Crippen LogP contribution in [0.2, 0.25) is 0 Å². The Balaban J connectivity index is 0.00000210. The van der Waals surface area contributed by atoms with Gasteiger partial charge >= 0.3 is 0 Å².